The molecule has 4 nitrogen and oxygen atoms in total. The highest BCUT2D eigenvalue weighted by atomic mass is 32.2. The zero-order valence-electron chi connectivity index (χ0n) is 9.62. The molecule has 0 aromatic rings. The normalized spacial score (nSPS) is 21.5. The fraction of sp³-hybridized carbons (Fsp3) is 1.00. The highest BCUT2D eigenvalue weighted by molar-refractivity contribution is 7.90. The minimum Gasteiger partial charge on any atom is -0.317 e. The summed E-state index contributed by atoms with van der Waals surface area (Å²) >= 11 is 0. The molecule has 0 aromatic carbocycles. The topological polar surface area (TPSA) is 58.2 Å². The average Bonchev–Trinajstić information content (AvgIpc) is 2.27. The van der Waals surface area contributed by atoms with Gasteiger partial charge in [0.2, 0.25) is 10.0 Å². The molecule has 1 unspecified atom stereocenters. The second kappa shape index (κ2) is 5.82. The molecule has 5 heteroatoms. The summed E-state index contributed by atoms with van der Waals surface area (Å²) in [5.41, 5.74) is 0. The van der Waals surface area contributed by atoms with E-state index in [1.165, 1.54) is 0 Å². The fourth-order valence-corrected chi connectivity index (χ4v) is 3.24. The van der Waals surface area contributed by atoms with Gasteiger partial charge in [0.25, 0.3) is 0 Å². The Bertz CT molecular complexity index is 271. The van der Waals surface area contributed by atoms with Crippen LogP contribution in [0.15, 0.2) is 0 Å². The van der Waals surface area contributed by atoms with Crippen molar-refractivity contribution in [3.05, 3.63) is 0 Å². The van der Waals surface area contributed by atoms with Gasteiger partial charge in [-0.1, -0.05) is 20.3 Å². The lowest BCUT2D eigenvalue weighted by Crippen LogP contribution is -2.42. The van der Waals surface area contributed by atoms with Crippen LogP contribution in [0.5, 0.6) is 0 Å². The van der Waals surface area contributed by atoms with Gasteiger partial charge in [-0.15, -0.1) is 0 Å². The van der Waals surface area contributed by atoms with Crippen molar-refractivity contribution in [2.24, 2.45) is 5.92 Å². The van der Waals surface area contributed by atoms with Gasteiger partial charge in [0.05, 0.1) is 5.25 Å². The van der Waals surface area contributed by atoms with Gasteiger partial charge in [0.1, 0.15) is 0 Å². The van der Waals surface area contributed by atoms with E-state index in [0.29, 0.717) is 12.5 Å². The van der Waals surface area contributed by atoms with Crippen molar-refractivity contribution in [1.29, 1.82) is 0 Å². The zero-order chi connectivity index (χ0) is 11.3. The van der Waals surface area contributed by atoms with Gasteiger partial charge in [-0.3, -0.25) is 0 Å². The third kappa shape index (κ3) is 4.09. The lowest BCUT2D eigenvalue weighted by molar-refractivity contribution is 0.479. The smallest absolute Gasteiger partial charge is 0.214 e. The summed E-state index contributed by atoms with van der Waals surface area (Å²) in [6.45, 7) is 6.33. The maximum atomic E-state index is 11.9. The molecule has 0 amide bonds. The van der Waals surface area contributed by atoms with Gasteiger partial charge >= 0.3 is 0 Å². The van der Waals surface area contributed by atoms with Gasteiger partial charge in [-0.05, 0) is 31.8 Å². The van der Waals surface area contributed by atoms with Crippen molar-refractivity contribution in [2.45, 2.75) is 38.4 Å². The van der Waals surface area contributed by atoms with Crippen LogP contribution in [-0.2, 0) is 10.0 Å². The Kier molecular flexibility index (Phi) is 5.02. The summed E-state index contributed by atoms with van der Waals surface area (Å²) < 4.78 is 26.5. The lowest BCUT2D eigenvalue weighted by atomic mass is 10.1. The summed E-state index contributed by atoms with van der Waals surface area (Å²) in [5, 5.41) is 2.98. The molecule has 0 saturated carbocycles. The Morgan fingerprint density at radius 1 is 1.40 bits per heavy atom. The average molecular weight is 234 g/mol. The molecule has 0 bridgehead atoms. The highest BCUT2D eigenvalue weighted by Gasteiger charge is 2.26. The third-order valence-electron chi connectivity index (χ3n) is 3.05. The molecular formula is C10H22N2O2S. The second-order valence-electron chi connectivity index (χ2n) is 4.36. The first kappa shape index (κ1) is 12.9. The number of hydrogen-bond donors (Lipinski definition) is 2. The van der Waals surface area contributed by atoms with Crippen LogP contribution in [0.3, 0.4) is 0 Å². The standard InChI is InChI=1S/C10H22N2O2S/c1-3-9(2)8-12-15(13,14)10-4-6-11-7-5-10/h9-12H,3-8H2,1-2H3. The molecule has 2 N–H and O–H groups in total. The molecule has 0 aliphatic carbocycles. The van der Waals surface area contributed by atoms with Crippen LogP contribution >= 0.6 is 0 Å². The van der Waals surface area contributed by atoms with E-state index < -0.39 is 10.0 Å². The molecule has 1 atom stereocenters. The Hall–Kier alpha value is -0.130. The molecule has 1 rings (SSSR count). The van der Waals surface area contributed by atoms with E-state index in [1.54, 1.807) is 0 Å². The molecule has 15 heavy (non-hydrogen) atoms. The fourth-order valence-electron chi connectivity index (χ4n) is 1.63. The van der Waals surface area contributed by atoms with Crippen molar-refractivity contribution in [3.8, 4) is 0 Å². The van der Waals surface area contributed by atoms with Crippen molar-refractivity contribution in [1.82, 2.24) is 10.0 Å². The van der Waals surface area contributed by atoms with Crippen molar-refractivity contribution in [2.75, 3.05) is 19.6 Å². The van der Waals surface area contributed by atoms with E-state index >= 15 is 0 Å². The number of sulfonamides is 1. The predicted molar refractivity (Wildman–Crippen MR) is 62.3 cm³/mol. The number of rotatable bonds is 5. The van der Waals surface area contributed by atoms with Crippen molar-refractivity contribution in [3.63, 3.8) is 0 Å². The van der Waals surface area contributed by atoms with Crippen LogP contribution in [-0.4, -0.2) is 33.3 Å². The van der Waals surface area contributed by atoms with E-state index in [0.717, 1.165) is 32.4 Å². The summed E-state index contributed by atoms with van der Waals surface area (Å²) in [5.74, 6) is 0.418. The Morgan fingerprint density at radius 3 is 2.53 bits per heavy atom. The molecule has 0 spiro atoms. The Morgan fingerprint density at radius 2 is 2.00 bits per heavy atom. The SMILES string of the molecule is CCC(C)CNS(=O)(=O)C1CCNCC1. The molecule has 0 radical (unpaired) electrons. The molecule has 1 aliphatic heterocycles. The maximum Gasteiger partial charge on any atom is 0.214 e. The summed E-state index contributed by atoms with van der Waals surface area (Å²) in [7, 11) is -3.08. The highest BCUT2D eigenvalue weighted by Crippen LogP contribution is 2.12. The lowest BCUT2D eigenvalue weighted by Gasteiger charge is -2.23. The van der Waals surface area contributed by atoms with Gasteiger partial charge in [-0.2, -0.15) is 0 Å². The molecular weight excluding hydrogens is 212 g/mol. The number of hydrogen-bond acceptors (Lipinski definition) is 3. The molecule has 1 heterocycles. The maximum absolute atomic E-state index is 11.9. The van der Waals surface area contributed by atoms with E-state index in [4.69, 9.17) is 0 Å². The third-order valence-corrected chi connectivity index (χ3v) is 4.97. The molecule has 0 aromatic heterocycles. The van der Waals surface area contributed by atoms with E-state index in [-0.39, 0.29) is 5.25 Å². The van der Waals surface area contributed by atoms with Gasteiger partial charge in [0.15, 0.2) is 0 Å². The first-order valence-electron chi connectivity index (χ1n) is 5.75. The molecule has 1 fully saturated rings. The van der Waals surface area contributed by atoms with Gasteiger partial charge in [0, 0.05) is 6.54 Å². The van der Waals surface area contributed by atoms with Crippen LogP contribution in [0, 0.1) is 5.92 Å². The quantitative estimate of drug-likeness (QED) is 0.736. The summed E-state index contributed by atoms with van der Waals surface area (Å²) in [6.07, 6.45) is 2.47. The summed E-state index contributed by atoms with van der Waals surface area (Å²) in [6, 6.07) is 0. The Labute approximate surface area is 92.9 Å². The van der Waals surface area contributed by atoms with Crippen LogP contribution in [0.1, 0.15) is 33.1 Å². The minimum absolute atomic E-state index is 0.192. The van der Waals surface area contributed by atoms with Gasteiger partial charge < -0.3 is 5.32 Å². The summed E-state index contributed by atoms with van der Waals surface area (Å²) in [4.78, 5) is 0. The van der Waals surface area contributed by atoms with E-state index in [9.17, 15) is 8.42 Å². The zero-order valence-corrected chi connectivity index (χ0v) is 10.4. The number of piperidine rings is 1. The first-order chi connectivity index (χ1) is 7.06. The van der Waals surface area contributed by atoms with Crippen LogP contribution < -0.4 is 10.0 Å². The van der Waals surface area contributed by atoms with E-state index in [1.807, 2.05) is 0 Å². The van der Waals surface area contributed by atoms with Gasteiger partial charge in [-0.25, -0.2) is 13.1 Å². The van der Waals surface area contributed by atoms with Crippen LogP contribution in [0.4, 0.5) is 0 Å². The second-order valence-corrected chi connectivity index (χ2v) is 6.40. The first-order valence-corrected chi connectivity index (χ1v) is 7.30. The monoisotopic (exact) mass is 234 g/mol. The van der Waals surface area contributed by atoms with Crippen molar-refractivity contribution >= 4 is 10.0 Å². The largest absolute Gasteiger partial charge is 0.317 e. The van der Waals surface area contributed by atoms with Crippen LogP contribution in [0.2, 0.25) is 0 Å². The molecule has 1 saturated heterocycles. The predicted octanol–water partition coefficient (Wildman–Crippen LogP) is 0.704. The van der Waals surface area contributed by atoms with Crippen LogP contribution in [0.25, 0.3) is 0 Å². The van der Waals surface area contributed by atoms with Crippen molar-refractivity contribution < 1.29 is 8.42 Å². The minimum atomic E-state index is -3.08. The van der Waals surface area contributed by atoms with E-state index in [2.05, 4.69) is 23.9 Å². The number of nitrogens with one attached hydrogen (secondary N) is 2. The molecule has 1 aliphatic rings. The molecule has 90 valence electrons. The Balaban J connectivity index is 2.43.